The average molecular weight is 329 g/mol. The Morgan fingerprint density at radius 2 is 2.00 bits per heavy atom. The van der Waals surface area contributed by atoms with E-state index >= 15 is 0 Å². The second kappa shape index (κ2) is 6.21. The molecule has 0 unspecified atom stereocenters. The summed E-state index contributed by atoms with van der Waals surface area (Å²) in [7, 11) is 0. The van der Waals surface area contributed by atoms with E-state index in [-0.39, 0.29) is 0 Å². The first-order valence-corrected chi connectivity index (χ1v) is 8.69. The van der Waals surface area contributed by atoms with Crippen molar-refractivity contribution in [3.05, 3.63) is 29.9 Å². The third kappa shape index (κ3) is 3.04. The van der Waals surface area contributed by atoms with E-state index in [4.69, 9.17) is 0 Å². The van der Waals surface area contributed by atoms with Gasteiger partial charge >= 0.3 is 0 Å². The maximum Gasteiger partial charge on any atom is 0.141 e. The Labute approximate surface area is 138 Å². The Balaban J connectivity index is 1.41. The van der Waals surface area contributed by atoms with Crippen LogP contribution in [0.3, 0.4) is 0 Å². The van der Waals surface area contributed by atoms with Gasteiger partial charge in [0.2, 0.25) is 0 Å². The molecular formula is C15H19N7S. The SMILES string of the molecule is Cc1nc(N2CCN(CCn3cncn3)CC2)c2ccsc2n1. The molecule has 4 heterocycles. The molecule has 0 aromatic carbocycles. The molecule has 7 nitrogen and oxygen atoms in total. The number of nitrogens with zero attached hydrogens (tertiary/aromatic N) is 7. The van der Waals surface area contributed by atoms with Crippen molar-refractivity contribution >= 4 is 27.4 Å². The van der Waals surface area contributed by atoms with Gasteiger partial charge in [-0.05, 0) is 18.4 Å². The largest absolute Gasteiger partial charge is 0.353 e. The number of hydrogen-bond acceptors (Lipinski definition) is 7. The molecule has 0 saturated carbocycles. The molecule has 120 valence electrons. The Morgan fingerprint density at radius 1 is 1.13 bits per heavy atom. The van der Waals surface area contributed by atoms with Crippen LogP contribution in [0.4, 0.5) is 5.82 Å². The summed E-state index contributed by atoms with van der Waals surface area (Å²) in [6, 6.07) is 2.13. The minimum absolute atomic E-state index is 0.851. The first-order valence-electron chi connectivity index (χ1n) is 7.81. The number of anilines is 1. The van der Waals surface area contributed by atoms with Crippen LogP contribution in [0.25, 0.3) is 10.2 Å². The van der Waals surface area contributed by atoms with Gasteiger partial charge in [-0.3, -0.25) is 9.58 Å². The van der Waals surface area contributed by atoms with Crippen molar-refractivity contribution in [3.8, 4) is 0 Å². The van der Waals surface area contributed by atoms with E-state index in [0.29, 0.717) is 0 Å². The fourth-order valence-corrected chi connectivity index (χ4v) is 3.76. The Morgan fingerprint density at radius 3 is 2.78 bits per heavy atom. The van der Waals surface area contributed by atoms with Gasteiger partial charge in [0, 0.05) is 32.7 Å². The van der Waals surface area contributed by atoms with Crippen molar-refractivity contribution in [2.24, 2.45) is 0 Å². The van der Waals surface area contributed by atoms with Crippen LogP contribution in [0.2, 0.25) is 0 Å². The Kier molecular flexibility index (Phi) is 3.92. The smallest absolute Gasteiger partial charge is 0.141 e. The average Bonchev–Trinajstić information content (AvgIpc) is 3.24. The van der Waals surface area contributed by atoms with Gasteiger partial charge in [-0.1, -0.05) is 0 Å². The van der Waals surface area contributed by atoms with Crippen LogP contribution in [-0.2, 0) is 6.54 Å². The number of rotatable bonds is 4. The van der Waals surface area contributed by atoms with Crippen molar-refractivity contribution in [2.45, 2.75) is 13.5 Å². The molecule has 0 spiro atoms. The monoisotopic (exact) mass is 329 g/mol. The molecule has 0 amide bonds. The van der Waals surface area contributed by atoms with E-state index in [9.17, 15) is 0 Å². The highest BCUT2D eigenvalue weighted by Crippen LogP contribution is 2.28. The molecule has 3 aromatic rings. The fourth-order valence-electron chi connectivity index (χ4n) is 2.96. The molecule has 0 radical (unpaired) electrons. The van der Waals surface area contributed by atoms with Crippen LogP contribution in [-0.4, -0.2) is 62.4 Å². The van der Waals surface area contributed by atoms with Crippen LogP contribution >= 0.6 is 11.3 Å². The Hall–Kier alpha value is -2.06. The van der Waals surface area contributed by atoms with Crippen LogP contribution in [0.5, 0.6) is 0 Å². The summed E-state index contributed by atoms with van der Waals surface area (Å²) in [5.74, 6) is 1.94. The predicted octanol–water partition coefficient (Wildman–Crippen LogP) is 1.41. The second-order valence-corrected chi connectivity index (χ2v) is 6.62. The zero-order valence-electron chi connectivity index (χ0n) is 13.1. The molecule has 3 aromatic heterocycles. The summed E-state index contributed by atoms with van der Waals surface area (Å²) in [6.45, 7) is 7.95. The zero-order valence-corrected chi connectivity index (χ0v) is 13.9. The van der Waals surface area contributed by atoms with Gasteiger partial charge in [0.25, 0.3) is 0 Å². The number of aryl methyl sites for hydroxylation is 1. The predicted molar refractivity (Wildman–Crippen MR) is 90.8 cm³/mol. The van der Waals surface area contributed by atoms with Gasteiger partial charge in [0.1, 0.15) is 29.1 Å². The number of hydrogen-bond donors (Lipinski definition) is 0. The van der Waals surface area contributed by atoms with Crippen LogP contribution in [0, 0.1) is 6.92 Å². The summed E-state index contributed by atoms with van der Waals surface area (Å²) >= 11 is 1.68. The molecular weight excluding hydrogens is 310 g/mol. The highest BCUT2D eigenvalue weighted by atomic mass is 32.1. The lowest BCUT2D eigenvalue weighted by atomic mass is 10.2. The highest BCUT2D eigenvalue weighted by Gasteiger charge is 2.20. The molecule has 0 aliphatic carbocycles. The number of thiophene rings is 1. The topological polar surface area (TPSA) is 63.0 Å². The van der Waals surface area contributed by atoms with Crippen LogP contribution < -0.4 is 4.90 Å². The normalized spacial score (nSPS) is 16.3. The Bertz CT molecular complexity index is 774. The molecule has 1 fully saturated rings. The lowest BCUT2D eigenvalue weighted by molar-refractivity contribution is 0.244. The molecule has 4 rings (SSSR count). The highest BCUT2D eigenvalue weighted by molar-refractivity contribution is 7.16. The fraction of sp³-hybridized carbons (Fsp3) is 0.467. The molecule has 1 aliphatic rings. The number of piperazine rings is 1. The van der Waals surface area contributed by atoms with Crippen molar-refractivity contribution in [2.75, 3.05) is 37.6 Å². The minimum Gasteiger partial charge on any atom is -0.353 e. The molecule has 23 heavy (non-hydrogen) atoms. The third-order valence-corrected chi connectivity index (χ3v) is 5.01. The van der Waals surface area contributed by atoms with Gasteiger partial charge in [-0.25, -0.2) is 15.0 Å². The van der Waals surface area contributed by atoms with E-state index < -0.39 is 0 Å². The maximum atomic E-state index is 4.69. The lowest BCUT2D eigenvalue weighted by Crippen LogP contribution is -2.47. The first kappa shape index (κ1) is 14.5. The lowest BCUT2D eigenvalue weighted by Gasteiger charge is -2.35. The van der Waals surface area contributed by atoms with Crippen molar-refractivity contribution in [1.82, 2.24) is 29.6 Å². The quantitative estimate of drug-likeness (QED) is 0.721. The summed E-state index contributed by atoms with van der Waals surface area (Å²) in [5, 5.41) is 7.43. The number of aromatic nitrogens is 5. The van der Waals surface area contributed by atoms with Gasteiger partial charge in [0.15, 0.2) is 0 Å². The van der Waals surface area contributed by atoms with Crippen molar-refractivity contribution in [3.63, 3.8) is 0 Å². The standard InChI is InChI=1S/C15H19N7S/c1-12-18-14(13-2-9-23-15(13)19-12)21-6-3-20(4-7-21)5-8-22-11-16-10-17-22/h2,9-11H,3-8H2,1H3. The molecule has 0 N–H and O–H groups in total. The number of fused-ring (bicyclic) bond motifs is 1. The summed E-state index contributed by atoms with van der Waals surface area (Å²) in [4.78, 5) is 19.1. The van der Waals surface area contributed by atoms with Crippen LogP contribution in [0.15, 0.2) is 24.1 Å². The van der Waals surface area contributed by atoms with Crippen molar-refractivity contribution < 1.29 is 0 Å². The van der Waals surface area contributed by atoms with Crippen molar-refractivity contribution in [1.29, 1.82) is 0 Å². The van der Waals surface area contributed by atoms with Gasteiger partial charge in [0.05, 0.1) is 11.9 Å². The first-order chi connectivity index (χ1) is 11.3. The van der Waals surface area contributed by atoms with E-state index in [0.717, 1.165) is 55.7 Å². The zero-order chi connectivity index (χ0) is 15.6. The molecule has 0 atom stereocenters. The third-order valence-electron chi connectivity index (χ3n) is 4.20. The van der Waals surface area contributed by atoms with Gasteiger partial charge < -0.3 is 4.90 Å². The molecule has 1 saturated heterocycles. The van der Waals surface area contributed by atoms with Crippen LogP contribution in [0.1, 0.15) is 5.82 Å². The summed E-state index contributed by atoms with van der Waals surface area (Å²) in [6.07, 6.45) is 3.36. The molecule has 0 bridgehead atoms. The van der Waals surface area contributed by atoms with E-state index in [1.807, 2.05) is 11.6 Å². The van der Waals surface area contributed by atoms with E-state index in [1.54, 1.807) is 24.0 Å². The van der Waals surface area contributed by atoms with E-state index in [2.05, 4.69) is 41.3 Å². The van der Waals surface area contributed by atoms with Gasteiger partial charge in [-0.2, -0.15) is 5.10 Å². The summed E-state index contributed by atoms with van der Waals surface area (Å²) in [5.41, 5.74) is 0. The minimum atomic E-state index is 0.851. The van der Waals surface area contributed by atoms with Gasteiger partial charge in [-0.15, -0.1) is 11.3 Å². The molecule has 8 heteroatoms. The molecule has 1 aliphatic heterocycles. The van der Waals surface area contributed by atoms with E-state index in [1.165, 1.54) is 5.39 Å². The maximum absolute atomic E-state index is 4.69. The second-order valence-electron chi connectivity index (χ2n) is 5.72. The summed E-state index contributed by atoms with van der Waals surface area (Å²) < 4.78 is 1.88.